The van der Waals surface area contributed by atoms with Gasteiger partial charge in [-0.2, -0.15) is 11.8 Å². The summed E-state index contributed by atoms with van der Waals surface area (Å²) in [5.74, 6) is 4.32. The first kappa shape index (κ1) is 13.3. The predicted molar refractivity (Wildman–Crippen MR) is 79.9 cm³/mol. The van der Waals surface area contributed by atoms with Crippen molar-refractivity contribution in [1.82, 2.24) is 4.90 Å². The van der Waals surface area contributed by atoms with Crippen molar-refractivity contribution in [3.05, 3.63) is 0 Å². The van der Waals surface area contributed by atoms with Crippen LogP contribution >= 0.6 is 11.8 Å². The van der Waals surface area contributed by atoms with E-state index >= 15 is 0 Å². The van der Waals surface area contributed by atoms with Crippen LogP contribution in [0.2, 0.25) is 0 Å². The zero-order valence-corrected chi connectivity index (χ0v) is 12.7. The molecule has 1 heterocycles. The maximum atomic E-state index is 6.13. The van der Waals surface area contributed by atoms with Crippen LogP contribution in [0, 0.1) is 17.8 Å². The van der Waals surface area contributed by atoms with Gasteiger partial charge in [-0.25, -0.2) is 0 Å². The second-order valence-electron chi connectivity index (χ2n) is 7.07. The van der Waals surface area contributed by atoms with Crippen molar-refractivity contribution in [2.75, 3.05) is 25.9 Å². The molecule has 2 bridgehead atoms. The molecule has 3 aliphatic rings. The molecule has 0 spiro atoms. The van der Waals surface area contributed by atoms with Gasteiger partial charge in [0.25, 0.3) is 0 Å². The number of hydrogen-bond donors (Lipinski definition) is 1. The monoisotopic (exact) mass is 268 g/mol. The fourth-order valence-corrected chi connectivity index (χ4v) is 6.14. The molecule has 104 valence electrons. The van der Waals surface area contributed by atoms with E-state index in [4.69, 9.17) is 5.73 Å². The first-order chi connectivity index (χ1) is 8.63. The van der Waals surface area contributed by atoms with Crippen molar-refractivity contribution in [1.29, 1.82) is 0 Å². The number of rotatable bonds is 4. The standard InChI is InChI=1S/C15H28N2S/c1-11-7-15(9-16,10-18-11)17(2)8-14-6-12-3-4-13(14)5-12/h11-14H,3-10,16H2,1-2H3. The summed E-state index contributed by atoms with van der Waals surface area (Å²) in [5.41, 5.74) is 6.42. The van der Waals surface area contributed by atoms with E-state index in [0.29, 0.717) is 5.54 Å². The lowest BCUT2D eigenvalue weighted by molar-refractivity contribution is 0.107. The van der Waals surface area contributed by atoms with Crippen LogP contribution in [0.5, 0.6) is 0 Å². The summed E-state index contributed by atoms with van der Waals surface area (Å²) < 4.78 is 0. The van der Waals surface area contributed by atoms with Crippen LogP contribution in [0.1, 0.15) is 39.0 Å². The molecule has 3 rings (SSSR count). The molecule has 2 aliphatic carbocycles. The van der Waals surface area contributed by atoms with Gasteiger partial charge >= 0.3 is 0 Å². The fourth-order valence-electron chi connectivity index (χ4n) is 4.66. The van der Waals surface area contributed by atoms with E-state index in [1.807, 2.05) is 0 Å². The van der Waals surface area contributed by atoms with Gasteiger partial charge in [-0.15, -0.1) is 0 Å². The van der Waals surface area contributed by atoms with Crippen molar-refractivity contribution in [2.45, 2.75) is 49.8 Å². The smallest absolute Gasteiger partial charge is 0.0429 e. The van der Waals surface area contributed by atoms with E-state index in [2.05, 4.69) is 30.6 Å². The van der Waals surface area contributed by atoms with Crippen LogP contribution < -0.4 is 5.73 Å². The molecule has 3 heteroatoms. The molecule has 0 aromatic rings. The second-order valence-corrected chi connectivity index (χ2v) is 8.50. The summed E-state index contributed by atoms with van der Waals surface area (Å²) in [5, 5.41) is 0.788. The van der Waals surface area contributed by atoms with Gasteiger partial charge in [0, 0.05) is 29.6 Å². The fraction of sp³-hybridized carbons (Fsp3) is 1.00. The third kappa shape index (κ3) is 2.23. The number of hydrogen-bond acceptors (Lipinski definition) is 3. The topological polar surface area (TPSA) is 29.3 Å². The largest absolute Gasteiger partial charge is 0.329 e. The van der Waals surface area contributed by atoms with Crippen LogP contribution in [0.4, 0.5) is 0 Å². The van der Waals surface area contributed by atoms with Crippen molar-refractivity contribution < 1.29 is 0 Å². The summed E-state index contributed by atoms with van der Waals surface area (Å²) in [6.45, 7) is 4.49. The van der Waals surface area contributed by atoms with Gasteiger partial charge < -0.3 is 5.73 Å². The number of thioether (sulfide) groups is 1. The lowest BCUT2D eigenvalue weighted by Crippen LogP contribution is -2.54. The molecule has 0 radical (unpaired) electrons. The van der Waals surface area contributed by atoms with E-state index in [1.54, 1.807) is 0 Å². The van der Waals surface area contributed by atoms with Crippen molar-refractivity contribution in [2.24, 2.45) is 23.5 Å². The lowest BCUT2D eigenvalue weighted by Gasteiger charge is -2.40. The first-order valence-electron chi connectivity index (χ1n) is 7.66. The Morgan fingerprint density at radius 3 is 2.67 bits per heavy atom. The average Bonchev–Trinajstić information content (AvgIpc) is 3.04. The normalized spacial score (nSPS) is 47.3. The molecule has 18 heavy (non-hydrogen) atoms. The zero-order chi connectivity index (χ0) is 12.8. The minimum atomic E-state index is 0.298. The van der Waals surface area contributed by atoms with Crippen LogP contribution in [-0.2, 0) is 0 Å². The summed E-state index contributed by atoms with van der Waals surface area (Å²) in [6.07, 6.45) is 7.33. The Hall–Kier alpha value is 0.270. The van der Waals surface area contributed by atoms with Gasteiger partial charge in [0.05, 0.1) is 0 Å². The minimum Gasteiger partial charge on any atom is -0.329 e. The number of nitrogens with zero attached hydrogens (tertiary/aromatic N) is 1. The molecule has 0 aromatic heterocycles. The molecule has 5 atom stereocenters. The Kier molecular flexibility index (Phi) is 3.68. The summed E-state index contributed by atoms with van der Waals surface area (Å²) in [7, 11) is 2.33. The molecule has 0 aromatic carbocycles. The van der Waals surface area contributed by atoms with Crippen molar-refractivity contribution in [3.8, 4) is 0 Å². The van der Waals surface area contributed by atoms with Crippen LogP contribution in [-0.4, -0.2) is 41.6 Å². The molecule has 5 unspecified atom stereocenters. The van der Waals surface area contributed by atoms with Crippen LogP contribution in [0.25, 0.3) is 0 Å². The maximum absolute atomic E-state index is 6.13. The highest BCUT2D eigenvalue weighted by Crippen LogP contribution is 2.49. The number of fused-ring (bicyclic) bond motifs is 2. The van der Waals surface area contributed by atoms with Gasteiger partial charge in [0.2, 0.25) is 0 Å². The summed E-state index contributed by atoms with van der Waals surface area (Å²) >= 11 is 2.11. The highest BCUT2D eigenvalue weighted by atomic mass is 32.2. The Bertz CT molecular complexity index is 309. The highest BCUT2D eigenvalue weighted by Gasteiger charge is 2.44. The number of nitrogens with two attached hydrogens (primary N) is 1. The van der Waals surface area contributed by atoms with Gasteiger partial charge in [0.15, 0.2) is 0 Å². The summed E-state index contributed by atoms with van der Waals surface area (Å²) in [6, 6.07) is 0. The van der Waals surface area contributed by atoms with Gasteiger partial charge in [-0.1, -0.05) is 13.3 Å². The molecule has 0 amide bonds. The molecular weight excluding hydrogens is 240 g/mol. The molecule has 3 fully saturated rings. The molecule has 2 nitrogen and oxygen atoms in total. The first-order valence-corrected chi connectivity index (χ1v) is 8.71. The van der Waals surface area contributed by atoms with E-state index in [1.165, 1.54) is 44.4 Å². The Balaban J connectivity index is 1.62. The molecule has 2 N–H and O–H groups in total. The van der Waals surface area contributed by atoms with E-state index in [9.17, 15) is 0 Å². The van der Waals surface area contributed by atoms with Crippen molar-refractivity contribution in [3.63, 3.8) is 0 Å². The van der Waals surface area contributed by atoms with E-state index < -0.39 is 0 Å². The van der Waals surface area contributed by atoms with E-state index in [0.717, 1.165) is 29.5 Å². The molecule has 2 saturated carbocycles. The number of likely N-dealkylation sites (N-methyl/N-ethyl adjacent to an activating group) is 1. The molecule has 1 aliphatic heterocycles. The second kappa shape index (κ2) is 4.99. The minimum absolute atomic E-state index is 0.298. The third-order valence-electron chi connectivity index (χ3n) is 5.89. The molecular formula is C15H28N2S. The Labute approximate surface area is 116 Å². The van der Waals surface area contributed by atoms with Crippen LogP contribution in [0.3, 0.4) is 0 Å². The summed E-state index contributed by atoms with van der Waals surface area (Å²) in [4.78, 5) is 2.63. The average molecular weight is 268 g/mol. The molecule has 1 saturated heterocycles. The quantitative estimate of drug-likeness (QED) is 0.850. The SMILES string of the molecule is CC1CC(CN)(N(C)CC2CC3CCC2C3)CS1. The van der Waals surface area contributed by atoms with Gasteiger partial charge in [-0.05, 0) is 50.5 Å². The highest BCUT2D eigenvalue weighted by molar-refractivity contribution is 8.00. The zero-order valence-electron chi connectivity index (χ0n) is 11.9. The van der Waals surface area contributed by atoms with Gasteiger partial charge in [0.1, 0.15) is 0 Å². The van der Waals surface area contributed by atoms with Gasteiger partial charge in [-0.3, -0.25) is 4.90 Å². The lowest BCUT2D eigenvalue weighted by atomic mass is 9.86. The third-order valence-corrected chi connectivity index (χ3v) is 7.33. The maximum Gasteiger partial charge on any atom is 0.0429 e. The van der Waals surface area contributed by atoms with Crippen molar-refractivity contribution >= 4 is 11.8 Å². The van der Waals surface area contributed by atoms with E-state index in [-0.39, 0.29) is 0 Å². The predicted octanol–water partition coefficient (Wildman–Crippen LogP) is 2.58. The van der Waals surface area contributed by atoms with Crippen LogP contribution in [0.15, 0.2) is 0 Å². The Morgan fingerprint density at radius 1 is 1.33 bits per heavy atom. The Morgan fingerprint density at radius 2 is 2.17 bits per heavy atom.